The van der Waals surface area contributed by atoms with Crippen molar-refractivity contribution >= 4 is 22.6 Å². The molecule has 19 heavy (non-hydrogen) atoms. The van der Waals surface area contributed by atoms with Crippen LogP contribution in [-0.2, 0) is 4.79 Å². The minimum Gasteiger partial charge on any atom is -0.361 e. The smallest absolute Gasteiger partial charge is 0.239 e. The van der Waals surface area contributed by atoms with E-state index in [2.05, 4.69) is 21.7 Å². The fourth-order valence-corrected chi connectivity index (χ4v) is 1.89. The highest BCUT2D eigenvalue weighted by atomic mass is 16.1. The quantitative estimate of drug-likeness (QED) is 0.865. The second-order valence-corrected chi connectivity index (χ2v) is 4.55. The Labute approximate surface area is 113 Å². The van der Waals surface area contributed by atoms with Gasteiger partial charge in [-0.1, -0.05) is 25.1 Å². The lowest BCUT2D eigenvalue weighted by Crippen LogP contribution is -2.30. The van der Waals surface area contributed by atoms with Gasteiger partial charge in [0.15, 0.2) is 0 Å². The molecule has 0 saturated carbocycles. The third-order valence-electron chi connectivity index (χ3n) is 2.90. The lowest BCUT2D eigenvalue weighted by Gasteiger charge is -2.10. The molecular formula is C15H19N3O. The van der Waals surface area contributed by atoms with E-state index in [0.717, 1.165) is 28.7 Å². The minimum atomic E-state index is -0.00351. The summed E-state index contributed by atoms with van der Waals surface area (Å²) in [6, 6.07) is 10.0. The molecule has 0 unspecified atom stereocenters. The number of hydrogen-bond acceptors (Lipinski definition) is 3. The van der Waals surface area contributed by atoms with Crippen LogP contribution in [0.15, 0.2) is 30.3 Å². The zero-order chi connectivity index (χ0) is 13.7. The average Bonchev–Trinajstić information content (AvgIpc) is 2.42. The summed E-state index contributed by atoms with van der Waals surface area (Å²) in [7, 11) is 0. The highest BCUT2D eigenvalue weighted by Gasteiger charge is 2.05. The first-order valence-electron chi connectivity index (χ1n) is 6.57. The molecule has 1 aromatic carbocycles. The Morgan fingerprint density at radius 3 is 2.89 bits per heavy atom. The van der Waals surface area contributed by atoms with Crippen LogP contribution < -0.4 is 10.6 Å². The number of carbonyl (C=O) groups is 1. The molecule has 2 N–H and O–H groups in total. The standard InChI is InChI=1S/C15H19N3O/c1-3-8-16-14(19)10-17-15-11(2)9-12-6-4-5-7-13(12)18-15/h4-7,9H,3,8,10H2,1-2H3,(H,16,19)(H,17,18). The van der Waals surface area contributed by atoms with Gasteiger partial charge in [-0.05, 0) is 31.0 Å². The van der Waals surface area contributed by atoms with Gasteiger partial charge in [-0.3, -0.25) is 4.79 Å². The van der Waals surface area contributed by atoms with E-state index < -0.39 is 0 Å². The Morgan fingerprint density at radius 1 is 1.32 bits per heavy atom. The third kappa shape index (κ3) is 3.44. The molecule has 100 valence electrons. The molecule has 0 saturated heterocycles. The minimum absolute atomic E-state index is 0.00351. The molecule has 4 heteroatoms. The molecule has 0 spiro atoms. The van der Waals surface area contributed by atoms with Gasteiger partial charge < -0.3 is 10.6 Å². The summed E-state index contributed by atoms with van der Waals surface area (Å²) >= 11 is 0. The molecule has 0 aliphatic heterocycles. The van der Waals surface area contributed by atoms with Crippen LogP contribution >= 0.6 is 0 Å². The van der Waals surface area contributed by atoms with Crippen molar-refractivity contribution in [1.29, 1.82) is 0 Å². The first kappa shape index (κ1) is 13.3. The van der Waals surface area contributed by atoms with Crippen LogP contribution in [0.3, 0.4) is 0 Å². The van der Waals surface area contributed by atoms with E-state index in [9.17, 15) is 4.79 Å². The number of nitrogens with zero attached hydrogens (tertiary/aromatic N) is 1. The van der Waals surface area contributed by atoms with Gasteiger partial charge in [0.25, 0.3) is 0 Å². The molecule has 0 fully saturated rings. The lowest BCUT2D eigenvalue weighted by molar-refractivity contribution is -0.119. The molecule has 0 aliphatic carbocycles. The number of hydrogen-bond donors (Lipinski definition) is 2. The number of fused-ring (bicyclic) bond motifs is 1. The van der Waals surface area contributed by atoms with E-state index >= 15 is 0 Å². The third-order valence-corrected chi connectivity index (χ3v) is 2.90. The molecule has 1 aromatic heterocycles. The highest BCUT2D eigenvalue weighted by molar-refractivity contribution is 5.83. The molecule has 0 bridgehead atoms. The van der Waals surface area contributed by atoms with Crippen LogP contribution in [0.4, 0.5) is 5.82 Å². The van der Waals surface area contributed by atoms with E-state index in [1.807, 2.05) is 38.1 Å². The Hall–Kier alpha value is -2.10. The van der Waals surface area contributed by atoms with Crippen molar-refractivity contribution in [3.8, 4) is 0 Å². The van der Waals surface area contributed by atoms with E-state index in [1.165, 1.54) is 0 Å². The number of aryl methyl sites for hydroxylation is 1. The predicted octanol–water partition coefficient (Wildman–Crippen LogP) is 2.48. The van der Waals surface area contributed by atoms with Crippen LogP contribution in [-0.4, -0.2) is 24.0 Å². The van der Waals surface area contributed by atoms with Gasteiger partial charge in [0, 0.05) is 11.9 Å². The largest absolute Gasteiger partial charge is 0.361 e. The SMILES string of the molecule is CCCNC(=O)CNc1nc2ccccc2cc1C. The van der Waals surface area contributed by atoms with Crippen LogP contribution in [0.1, 0.15) is 18.9 Å². The van der Waals surface area contributed by atoms with Crippen LogP contribution in [0.25, 0.3) is 10.9 Å². The molecule has 1 heterocycles. The average molecular weight is 257 g/mol. The van der Waals surface area contributed by atoms with E-state index in [-0.39, 0.29) is 12.5 Å². The lowest BCUT2D eigenvalue weighted by atomic mass is 10.1. The number of nitrogens with one attached hydrogen (secondary N) is 2. The number of benzene rings is 1. The van der Waals surface area contributed by atoms with Crippen molar-refractivity contribution < 1.29 is 4.79 Å². The maximum absolute atomic E-state index is 11.5. The maximum Gasteiger partial charge on any atom is 0.239 e. The van der Waals surface area contributed by atoms with E-state index in [4.69, 9.17) is 0 Å². The van der Waals surface area contributed by atoms with Gasteiger partial charge in [0.05, 0.1) is 12.1 Å². The van der Waals surface area contributed by atoms with Gasteiger partial charge in [-0.2, -0.15) is 0 Å². The topological polar surface area (TPSA) is 54.0 Å². The fourth-order valence-electron chi connectivity index (χ4n) is 1.89. The summed E-state index contributed by atoms with van der Waals surface area (Å²) in [5.74, 6) is 0.765. The van der Waals surface area contributed by atoms with Crippen molar-refractivity contribution in [1.82, 2.24) is 10.3 Å². The van der Waals surface area contributed by atoms with Gasteiger partial charge in [-0.15, -0.1) is 0 Å². The first-order chi connectivity index (χ1) is 9.20. The number of aromatic nitrogens is 1. The molecule has 2 aromatic rings. The normalized spacial score (nSPS) is 10.4. The number of anilines is 1. The van der Waals surface area contributed by atoms with Crippen molar-refractivity contribution in [2.75, 3.05) is 18.4 Å². The Balaban J connectivity index is 2.08. The van der Waals surface area contributed by atoms with Gasteiger partial charge in [-0.25, -0.2) is 4.98 Å². The fraction of sp³-hybridized carbons (Fsp3) is 0.333. The van der Waals surface area contributed by atoms with E-state index in [0.29, 0.717) is 6.54 Å². The molecule has 0 aliphatic rings. The Bertz CT molecular complexity index is 581. The van der Waals surface area contributed by atoms with Crippen molar-refractivity contribution in [3.05, 3.63) is 35.9 Å². The number of amides is 1. The van der Waals surface area contributed by atoms with E-state index in [1.54, 1.807) is 0 Å². The predicted molar refractivity (Wildman–Crippen MR) is 78.3 cm³/mol. The van der Waals surface area contributed by atoms with Gasteiger partial charge in [0.2, 0.25) is 5.91 Å². The number of pyridine rings is 1. The summed E-state index contributed by atoms with van der Waals surface area (Å²) in [5.41, 5.74) is 1.98. The van der Waals surface area contributed by atoms with Gasteiger partial charge >= 0.3 is 0 Å². The molecule has 4 nitrogen and oxygen atoms in total. The second kappa shape index (κ2) is 6.18. The zero-order valence-corrected chi connectivity index (χ0v) is 11.4. The highest BCUT2D eigenvalue weighted by Crippen LogP contribution is 2.19. The van der Waals surface area contributed by atoms with Crippen LogP contribution in [0.5, 0.6) is 0 Å². The van der Waals surface area contributed by atoms with Crippen molar-refractivity contribution in [3.63, 3.8) is 0 Å². The molecule has 0 atom stereocenters. The summed E-state index contributed by atoms with van der Waals surface area (Å²) in [5, 5.41) is 7.03. The molecular weight excluding hydrogens is 238 g/mol. The second-order valence-electron chi connectivity index (χ2n) is 4.55. The first-order valence-corrected chi connectivity index (χ1v) is 6.57. The van der Waals surface area contributed by atoms with Crippen molar-refractivity contribution in [2.45, 2.75) is 20.3 Å². The molecule has 0 radical (unpaired) electrons. The summed E-state index contributed by atoms with van der Waals surface area (Å²) in [6.07, 6.45) is 0.943. The molecule has 1 amide bonds. The molecule has 2 rings (SSSR count). The Morgan fingerprint density at radius 2 is 2.11 bits per heavy atom. The Kier molecular flexibility index (Phi) is 4.34. The van der Waals surface area contributed by atoms with Crippen LogP contribution in [0, 0.1) is 6.92 Å². The van der Waals surface area contributed by atoms with Crippen LogP contribution in [0.2, 0.25) is 0 Å². The number of carbonyl (C=O) groups excluding carboxylic acids is 1. The number of rotatable bonds is 5. The van der Waals surface area contributed by atoms with Gasteiger partial charge in [0.1, 0.15) is 5.82 Å². The monoisotopic (exact) mass is 257 g/mol. The van der Waals surface area contributed by atoms with Crippen molar-refractivity contribution in [2.24, 2.45) is 0 Å². The maximum atomic E-state index is 11.5. The summed E-state index contributed by atoms with van der Waals surface area (Å²) in [4.78, 5) is 16.1. The summed E-state index contributed by atoms with van der Waals surface area (Å²) in [6.45, 7) is 4.99. The number of para-hydroxylation sites is 1. The summed E-state index contributed by atoms with van der Waals surface area (Å²) < 4.78 is 0. The zero-order valence-electron chi connectivity index (χ0n) is 11.4.